The highest BCUT2D eigenvalue weighted by atomic mass is 16.5. The van der Waals surface area contributed by atoms with E-state index in [1.54, 1.807) is 6.20 Å². The molecule has 4 nitrogen and oxygen atoms in total. The highest BCUT2D eigenvalue weighted by Gasteiger charge is 2.07. The largest absolute Gasteiger partial charge is 0.487 e. The van der Waals surface area contributed by atoms with E-state index in [0.29, 0.717) is 6.54 Å². The fraction of sp³-hybridized carbons (Fsp3) is 0.353. The third kappa shape index (κ3) is 4.76. The Hall–Kier alpha value is -2.07. The molecule has 1 heterocycles. The van der Waals surface area contributed by atoms with Gasteiger partial charge in [0.25, 0.3) is 0 Å². The van der Waals surface area contributed by atoms with Gasteiger partial charge in [-0.1, -0.05) is 12.1 Å². The Balaban J connectivity index is 2.14. The summed E-state index contributed by atoms with van der Waals surface area (Å²) in [5, 5.41) is 3.33. The highest BCUT2D eigenvalue weighted by molar-refractivity contribution is 5.62. The Morgan fingerprint density at radius 3 is 2.86 bits per heavy atom. The van der Waals surface area contributed by atoms with Crippen LogP contribution in [0.5, 0.6) is 5.75 Å². The summed E-state index contributed by atoms with van der Waals surface area (Å²) in [6, 6.07) is 12.1. The number of pyridine rings is 1. The van der Waals surface area contributed by atoms with E-state index in [0.717, 1.165) is 30.1 Å². The molecule has 0 amide bonds. The lowest BCUT2D eigenvalue weighted by molar-refractivity contribution is 0.243. The number of nitrogens with zero attached hydrogens (tertiary/aromatic N) is 1. The maximum absolute atomic E-state index is 5.77. The molecule has 1 aromatic carbocycles. The third-order valence-corrected chi connectivity index (χ3v) is 2.99. The second kappa shape index (κ2) is 7.64. The van der Waals surface area contributed by atoms with Crippen molar-refractivity contribution in [2.24, 2.45) is 5.73 Å². The number of aryl methyl sites for hydroxylation is 1. The van der Waals surface area contributed by atoms with Crippen LogP contribution in [0.15, 0.2) is 42.6 Å². The maximum atomic E-state index is 5.77. The smallest absolute Gasteiger partial charge is 0.173 e. The predicted octanol–water partition coefficient (Wildman–Crippen LogP) is 3.50. The molecule has 1 aromatic heterocycles. The molecule has 3 N–H and O–H groups in total. The molecule has 0 saturated heterocycles. The second-order valence-electron chi connectivity index (χ2n) is 5.23. The van der Waals surface area contributed by atoms with Crippen LogP contribution in [0.1, 0.15) is 25.8 Å². The van der Waals surface area contributed by atoms with Crippen molar-refractivity contribution >= 4 is 11.5 Å². The second-order valence-corrected chi connectivity index (χ2v) is 5.23. The molecule has 0 unspecified atom stereocenters. The van der Waals surface area contributed by atoms with Gasteiger partial charge in [0.05, 0.1) is 6.10 Å². The van der Waals surface area contributed by atoms with E-state index in [-0.39, 0.29) is 6.10 Å². The summed E-state index contributed by atoms with van der Waals surface area (Å²) in [4.78, 5) is 4.36. The van der Waals surface area contributed by atoms with Crippen molar-refractivity contribution < 1.29 is 4.74 Å². The molecule has 4 heteroatoms. The van der Waals surface area contributed by atoms with E-state index in [4.69, 9.17) is 10.5 Å². The number of rotatable bonds is 7. The lowest BCUT2D eigenvalue weighted by Gasteiger charge is -2.14. The van der Waals surface area contributed by atoms with Gasteiger partial charge < -0.3 is 15.8 Å². The van der Waals surface area contributed by atoms with Gasteiger partial charge in [0.2, 0.25) is 0 Å². The zero-order valence-electron chi connectivity index (χ0n) is 12.7. The van der Waals surface area contributed by atoms with Crippen LogP contribution in [0.2, 0.25) is 0 Å². The number of anilines is 2. The Kier molecular flexibility index (Phi) is 5.58. The minimum atomic E-state index is 0.116. The lowest BCUT2D eigenvalue weighted by Crippen LogP contribution is -2.08. The van der Waals surface area contributed by atoms with Crippen LogP contribution in [0, 0.1) is 0 Å². The van der Waals surface area contributed by atoms with Crippen molar-refractivity contribution in [2.75, 3.05) is 11.9 Å². The zero-order chi connectivity index (χ0) is 15.1. The van der Waals surface area contributed by atoms with Crippen LogP contribution in [0.4, 0.5) is 11.5 Å². The van der Waals surface area contributed by atoms with Crippen molar-refractivity contribution in [3.8, 4) is 5.75 Å². The number of ether oxygens (including phenoxy) is 1. The molecule has 112 valence electrons. The number of nitrogens with two attached hydrogens (primary N) is 1. The van der Waals surface area contributed by atoms with Gasteiger partial charge in [-0.25, -0.2) is 4.98 Å². The summed E-state index contributed by atoms with van der Waals surface area (Å²) in [5.41, 5.74) is 7.84. The van der Waals surface area contributed by atoms with Gasteiger partial charge in [-0.05, 0) is 63.1 Å². The van der Waals surface area contributed by atoms with Gasteiger partial charge in [-0.15, -0.1) is 0 Å². The monoisotopic (exact) mass is 285 g/mol. The van der Waals surface area contributed by atoms with Crippen molar-refractivity contribution in [3.05, 3.63) is 48.2 Å². The first-order valence-electron chi connectivity index (χ1n) is 7.36. The Morgan fingerprint density at radius 1 is 1.24 bits per heavy atom. The van der Waals surface area contributed by atoms with Crippen LogP contribution in [0.25, 0.3) is 0 Å². The molecule has 0 aliphatic heterocycles. The summed E-state index contributed by atoms with van der Waals surface area (Å²) in [6.45, 7) is 4.72. The molecule has 0 fully saturated rings. The van der Waals surface area contributed by atoms with Crippen LogP contribution < -0.4 is 15.8 Å². The lowest BCUT2D eigenvalue weighted by atomic mass is 10.1. The van der Waals surface area contributed by atoms with Crippen molar-refractivity contribution in [1.29, 1.82) is 0 Å². The molecule has 0 atom stereocenters. The molecule has 2 rings (SSSR count). The average Bonchev–Trinajstić information content (AvgIpc) is 2.47. The third-order valence-electron chi connectivity index (χ3n) is 2.99. The number of aromatic nitrogens is 1. The summed E-state index contributed by atoms with van der Waals surface area (Å²) in [7, 11) is 0. The fourth-order valence-corrected chi connectivity index (χ4v) is 2.08. The number of benzene rings is 1. The van der Waals surface area contributed by atoms with Gasteiger partial charge in [0, 0.05) is 11.9 Å². The van der Waals surface area contributed by atoms with Gasteiger partial charge >= 0.3 is 0 Å². The van der Waals surface area contributed by atoms with E-state index < -0.39 is 0 Å². The molecule has 0 radical (unpaired) electrons. The number of hydrogen-bond acceptors (Lipinski definition) is 4. The maximum Gasteiger partial charge on any atom is 0.173 e. The van der Waals surface area contributed by atoms with Gasteiger partial charge in [0.15, 0.2) is 11.6 Å². The van der Waals surface area contributed by atoms with E-state index in [1.165, 1.54) is 5.56 Å². The average molecular weight is 285 g/mol. The topological polar surface area (TPSA) is 60.2 Å². The van der Waals surface area contributed by atoms with Gasteiger partial charge in [-0.3, -0.25) is 0 Å². The standard InChI is InChI=1S/C17H23N3O/c1-13(2)21-16-9-5-11-19-17(16)20-15-8-3-6-14(12-15)7-4-10-18/h3,5-6,8-9,11-13H,4,7,10,18H2,1-2H3,(H,19,20). The van der Waals surface area contributed by atoms with Crippen LogP contribution in [-0.2, 0) is 6.42 Å². The molecule has 0 aliphatic rings. The Labute approximate surface area is 126 Å². The predicted molar refractivity (Wildman–Crippen MR) is 87.1 cm³/mol. The molecule has 21 heavy (non-hydrogen) atoms. The van der Waals surface area contributed by atoms with Crippen molar-refractivity contribution in [3.63, 3.8) is 0 Å². The van der Waals surface area contributed by atoms with Crippen molar-refractivity contribution in [2.45, 2.75) is 32.8 Å². The highest BCUT2D eigenvalue weighted by Crippen LogP contribution is 2.26. The van der Waals surface area contributed by atoms with Crippen LogP contribution >= 0.6 is 0 Å². The first-order valence-corrected chi connectivity index (χ1v) is 7.36. The van der Waals surface area contributed by atoms with Gasteiger partial charge in [-0.2, -0.15) is 0 Å². The minimum absolute atomic E-state index is 0.116. The molecule has 2 aromatic rings. The Bertz CT molecular complexity index is 569. The number of hydrogen-bond donors (Lipinski definition) is 2. The summed E-state index contributed by atoms with van der Waals surface area (Å²) in [5.74, 6) is 1.50. The molecular weight excluding hydrogens is 262 g/mol. The van der Waals surface area contributed by atoms with E-state index in [1.807, 2.05) is 38.1 Å². The SMILES string of the molecule is CC(C)Oc1cccnc1Nc1cccc(CCCN)c1. The molecule has 0 spiro atoms. The van der Waals surface area contributed by atoms with E-state index in [9.17, 15) is 0 Å². The van der Waals surface area contributed by atoms with Gasteiger partial charge in [0.1, 0.15) is 0 Å². The van der Waals surface area contributed by atoms with Crippen molar-refractivity contribution in [1.82, 2.24) is 4.98 Å². The van der Waals surface area contributed by atoms with E-state index in [2.05, 4.69) is 22.4 Å². The first kappa shape index (κ1) is 15.3. The summed E-state index contributed by atoms with van der Waals surface area (Å²) in [6.07, 6.45) is 3.86. The molecule has 0 aliphatic carbocycles. The molecule has 0 saturated carbocycles. The quantitative estimate of drug-likeness (QED) is 0.817. The minimum Gasteiger partial charge on any atom is -0.487 e. The van der Waals surface area contributed by atoms with Crippen LogP contribution in [0.3, 0.4) is 0 Å². The number of nitrogens with one attached hydrogen (secondary N) is 1. The fourth-order valence-electron chi connectivity index (χ4n) is 2.08. The summed E-state index contributed by atoms with van der Waals surface area (Å²) < 4.78 is 5.77. The van der Waals surface area contributed by atoms with Crippen LogP contribution in [-0.4, -0.2) is 17.6 Å². The zero-order valence-corrected chi connectivity index (χ0v) is 12.7. The Morgan fingerprint density at radius 2 is 2.10 bits per heavy atom. The van der Waals surface area contributed by atoms with E-state index >= 15 is 0 Å². The normalized spacial score (nSPS) is 10.7. The molecule has 0 bridgehead atoms. The molecular formula is C17H23N3O. The summed E-state index contributed by atoms with van der Waals surface area (Å²) >= 11 is 0. The first-order chi connectivity index (χ1) is 10.2.